The van der Waals surface area contributed by atoms with Crippen molar-refractivity contribution in [2.24, 2.45) is 0 Å². The Balaban J connectivity index is 1.19. The topological polar surface area (TPSA) is 92.5 Å². The van der Waals surface area contributed by atoms with E-state index in [0.717, 1.165) is 100 Å². The molecule has 0 bridgehead atoms. The quantitative estimate of drug-likeness (QED) is 0.178. The van der Waals surface area contributed by atoms with Gasteiger partial charge in [-0.1, -0.05) is 72.8 Å². The van der Waals surface area contributed by atoms with Crippen LogP contribution in [0.2, 0.25) is 0 Å². The SMILES string of the molecule is N#Cc1ccc2c(c1)c1ccccc1n2-c1cnc2c(c1)C1(c3ccccc3Oc3c(-n4c5ccccc5c5cc(C#N)ccc54)cccc31)c1cccnc1-2. The van der Waals surface area contributed by atoms with Gasteiger partial charge in [-0.15, -0.1) is 0 Å². The zero-order chi connectivity index (χ0) is 37.1. The van der Waals surface area contributed by atoms with Crippen molar-refractivity contribution in [1.29, 1.82) is 10.5 Å². The van der Waals surface area contributed by atoms with E-state index in [0.29, 0.717) is 11.1 Å². The molecular formula is C49H26N6O. The Morgan fingerprint density at radius 3 is 1.86 bits per heavy atom. The molecule has 0 fully saturated rings. The lowest BCUT2D eigenvalue weighted by Gasteiger charge is -2.39. The number of rotatable bonds is 2. The molecule has 1 aliphatic heterocycles. The molecule has 0 saturated carbocycles. The first-order valence-corrected chi connectivity index (χ1v) is 18.4. The van der Waals surface area contributed by atoms with Crippen LogP contribution >= 0.6 is 0 Å². The smallest absolute Gasteiger partial charge is 0.156 e. The second kappa shape index (κ2) is 11.0. The third kappa shape index (κ3) is 3.78. The van der Waals surface area contributed by atoms with Crippen LogP contribution in [0, 0.1) is 22.7 Å². The number of pyridine rings is 2. The summed E-state index contributed by atoms with van der Waals surface area (Å²) in [6.45, 7) is 0. The van der Waals surface area contributed by atoms with Crippen molar-refractivity contribution in [2.75, 3.05) is 0 Å². The fourth-order valence-electron chi connectivity index (χ4n) is 9.52. The van der Waals surface area contributed by atoms with Gasteiger partial charge in [0.15, 0.2) is 5.75 Å². The lowest BCUT2D eigenvalue weighted by atomic mass is 9.66. The second-order valence-corrected chi connectivity index (χ2v) is 14.4. The average Bonchev–Trinajstić information content (AvgIpc) is 3.87. The molecule has 1 spiro atoms. The van der Waals surface area contributed by atoms with Gasteiger partial charge in [0, 0.05) is 44.4 Å². The number of nitrogens with zero attached hydrogens (tertiary/aromatic N) is 6. The highest BCUT2D eigenvalue weighted by Gasteiger charge is 2.53. The minimum absolute atomic E-state index is 0.614. The predicted molar refractivity (Wildman–Crippen MR) is 218 cm³/mol. The fourth-order valence-corrected chi connectivity index (χ4v) is 9.52. The Labute approximate surface area is 320 Å². The molecule has 0 amide bonds. The van der Waals surface area contributed by atoms with Gasteiger partial charge in [-0.25, -0.2) is 0 Å². The van der Waals surface area contributed by atoms with Crippen LogP contribution < -0.4 is 4.74 Å². The zero-order valence-corrected chi connectivity index (χ0v) is 29.6. The lowest BCUT2D eigenvalue weighted by Crippen LogP contribution is -2.32. The highest BCUT2D eigenvalue weighted by molar-refractivity contribution is 6.11. The molecule has 0 radical (unpaired) electrons. The maximum atomic E-state index is 9.83. The minimum Gasteiger partial charge on any atom is -0.454 e. The van der Waals surface area contributed by atoms with E-state index in [1.54, 1.807) is 0 Å². The highest BCUT2D eigenvalue weighted by Crippen LogP contribution is 2.62. The number of hydrogen-bond acceptors (Lipinski definition) is 5. The van der Waals surface area contributed by atoms with E-state index < -0.39 is 5.41 Å². The van der Waals surface area contributed by atoms with Crippen molar-refractivity contribution >= 4 is 43.6 Å². The Morgan fingerprint density at radius 1 is 0.500 bits per heavy atom. The summed E-state index contributed by atoms with van der Waals surface area (Å²) in [7, 11) is 0. The van der Waals surface area contributed by atoms with Crippen LogP contribution in [0.5, 0.6) is 11.5 Å². The summed E-state index contributed by atoms with van der Waals surface area (Å²) in [5.41, 5.74) is 11.9. The van der Waals surface area contributed by atoms with Crippen LogP contribution in [0.15, 0.2) is 158 Å². The summed E-state index contributed by atoms with van der Waals surface area (Å²) < 4.78 is 11.6. The van der Waals surface area contributed by atoms with Gasteiger partial charge < -0.3 is 13.9 Å². The van der Waals surface area contributed by atoms with E-state index in [-0.39, 0.29) is 0 Å². The van der Waals surface area contributed by atoms with E-state index in [9.17, 15) is 10.5 Å². The number of hydrogen-bond donors (Lipinski definition) is 0. The molecule has 1 unspecified atom stereocenters. The van der Waals surface area contributed by atoms with Crippen molar-refractivity contribution in [3.05, 3.63) is 191 Å². The molecular weight excluding hydrogens is 689 g/mol. The van der Waals surface area contributed by atoms with E-state index in [2.05, 4.69) is 88.0 Å². The van der Waals surface area contributed by atoms with E-state index >= 15 is 0 Å². The summed E-state index contributed by atoms with van der Waals surface area (Å²) in [5.74, 6) is 1.50. The van der Waals surface area contributed by atoms with Crippen molar-refractivity contribution in [2.45, 2.75) is 5.41 Å². The minimum atomic E-state index is -0.832. The molecule has 0 N–H and O–H groups in total. The lowest BCUT2D eigenvalue weighted by molar-refractivity contribution is 0.434. The Kier molecular flexibility index (Phi) is 5.99. The Hall–Kier alpha value is -8.00. The van der Waals surface area contributed by atoms with Crippen LogP contribution in [-0.4, -0.2) is 19.1 Å². The van der Waals surface area contributed by atoms with Gasteiger partial charge in [0.1, 0.15) is 5.75 Å². The van der Waals surface area contributed by atoms with E-state index in [1.165, 1.54) is 0 Å². The van der Waals surface area contributed by atoms with Crippen LogP contribution in [-0.2, 0) is 5.41 Å². The third-order valence-electron chi connectivity index (χ3n) is 11.7. The first-order valence-electron chi connectivity index (χ1n) is 18.4. The number of nitriles is 2. The third-order valence-corrected chi connectivity index (χ3v) is 11.7. The van der Waals surface area contributed by atoms with E-state index in [1.807, 2.05) is 91.3 Å². The maximum absolute atomic E-state index is 9.83. The van der Waals surface area contributed by atoms with Crippen molar-refractivity contribution in [3.8, 4) is 46.4 Å². The summed E-state index contributed by atoms with van der Waals surface area (Å²) in [5, 5.41) is 23.8. The Morgan fingerprint density at radius 2 is 1.11 bits per heavy atom. The fraction of sp³-hybridized carbons (Fsp3) is 0.0204. The van der Waals surface area contributed by atoms with Gasteiger partial charge in [0.2, 0.25) is 0 Å². The predicted octanol–water partition coefficient (Wildman–Crippen LogP) is 10.9. The van der Waals surface area contributed by atoms with Crippen molar-refractivity contribution in [3.63, 3.8) is 0 Å². The zero-order valence-electron chi connectivity index (χ0n) is 29.6. The molecule has 0 saturated heterocycles. The van der Waals surface area contributed by atoms with Gasteiger partial charge in [-0.3, -0.25) is 9.97 Å². The number of aromatic nitrogens is 4. The molecule has 56 heavy (non-hydrogen) atoms. The number of ether oxygens (including phenoxy) is 1. The first kappa shape index (κ1) is 30.5. The molecule has 1 atom stereocenters. The number of benzene rings is 6. The van der Waals surface area contributed by atoms with Gasteiger partial charge in [0.05, 0.1) is 79.7 Å². The van der Waals surface area contributed by atoms with Crippen LogP contribution in [0.3, 0.4) is 0 Å². The monoisotopic (exact) mass is 714 g/mol. The molecule has 6 aromatic carbocycles. The highest BCUT2D eigenvalue weighted by atomic mass is 16.5. The molecule has 258 valence electrons. The summed E-state index contributed by atoms with van der Waals surface area (Å²) in [6, 6.07) is 54.2. The van der Waals surface area contributed by atoms with Crippen LogP contribution in [0.25, 0.3) is 66.4 Å². The van der Waals surface area contributed by atoms with Crippen molar-refractivity contribution in [1.82, 2.24) is 19.1 Å². The molecule has 10 aromatic rings. The summed E-state index contributed by atoms with van der Waals surface area (Å²) >= 11 is 0. The van der Waals surface area contributed by atoms with Gasteiger partial charge in [-0.05, 0) is 78.4 Å². The van der Waals surface area contributed by atoms with Crippen LogP contribution in [0.1, 0.15) is 33.4 Å². The second-order valence-electron chi connectivity index (χ2n) is 14.4. The number of fused-ring (bicyclic) bond motifs is 15. The summed E-state index contributed by atoms with van der Waals surface area (Å²) in [6.07, 6.45) is 3.78. The van der Waals surface area contributed by atoms with E-state index in [4.69, 9.17) is 14.7 Å². The molecule has 5 heterocycles. The Bertz CT molecular complexity index is 3450. The molecule has 4 aromatic heterocycles. The van der Waals surface area contributed by atoms with Crippen molar-refractivity contribution < 1.29 is 4.74 Å². The maximum Gasteiger partial charge on any atom is 0.156 e. The average molecular weight is 715 g/mol. The summed E-state index contributed by atoms with van der Waals surface area (Å²) in [4.78, 5) is 10.3. The first-order chi connectivity index (χ1) is 27.7. The molecule has 7 heteroatoms. The van der Waals surface area contributed by atoms with Crippen LogP contribution in [0.4, 0.5) is 0 Å². The van der Waals surface area contributed by atoms with Gasteiger partial charge >= 0.3 is 0 Å². The number of para-hydroxylation sites is 4. The molecule has 7 nitrogen and oxygen atoms in total. The normalized spacial score (nSPS) is 15.0. The van der Waals surface area contributed by atoms with Gasteiger partial charge in [-0.2, -0.15) is 10.5 Å². The molecule has 12 rings (SSSR count). The largest absolute Gasteiger partial charge is 0.454 e. The molecule has 1 aliphatic carbocycles. The standard InChI is InChI=1S/C49H26N6O/c50-26-29-18-20-42-34(23-29)32-9-1-4-14-40(32)54(42)31-25-39-47(53-28-31)46-37(13-8-22-52-46)49(39)36-11-3-6-17-45(36)56-48-38(49)12-7-16-44(48)55-41-15-5-2-10-33(41)35-24-30(27-51)19-21-43(35)55/h1-25,28H. The van der Waals surface area contributed by atoms with Gasteiger partial charge in [0.25, 0.3) is 0 Å². The molecule has 2 aliphatic rings.